The lowest BCUT2D eigenvalue weighted by molar-refractivity contribution is -0.113. The number of halogens is 1. The number of hydrogen-bond acceptors (Lipinski definition) is 4. The van der Waals surface area contributed by atoms with Crippen molar-refractivity contribution in [1.82, 2.24) is 9.13 Å². The highest BCUT2D eigenvalue weighted by Crippen LogP contribution is 2.36. The molecule has 0 unspecified atom stereocenters. The molecule has 0 bridgehead atoms. The SMILES string of the molecule is Cn1c(=O)n(C)c2cc(C=C3SC(=S)N(c4ccc(Cl)cc4)C3=O)ccc21. The molecule has 0 spiro atoms. The fourth-order valence-electron chi connectivity index (χ4n) is 3.05. The summed E-state index contributed by atoms with van der Waals surface area (Å²) in [7, 11) is 3.47. The molecule has 0 atom stereocenters. The van der Waals surface area contributed by atoms with Crippen molar-refractivity contribution in [3.63, 3.8) is 0 Å². The lowest BCUT2D eigenvalue weighted by Gasteiger charge is -2.14. The third kappa shape index (κ3) is 3.01. The molecule has 3 aromatic rings. The van der Waals surface area contributed by atoms with Gasteiger partial charge in [-0.05, 0) is 48.0 Å². The van der Waals surface area contributed by atoms with Crippen LogP contribution in [-0.2, 0) is 18.9 Å². The predicted molar refractivity (Wildman–Crippen MR) is 115 cm³/mol. The summed E-state index contributed by atoms with van der Waals surface area (Å²) in [4.78, 5) is 27.0. The van der Waals surface area contributed by atoms with E-state index in [1.54, 1.807) is 53.6 Å². The summed E-state index contributed by atoms with van der Waals surface area (Å²) in [5.41, 5.74) is 3.08. The molecule has 0 aliphatic carbocycles. The van der Waals surface area contributed by atoms with E-state index in [9.17, 15) is 9.59 Å². The third-order valence-electron chi connectivity index (χ3n) is 4.47. The predicted octanol–water partition coefficient (Wildman–Crippen LogP) is 3.94. The lowest BCUT2D eigenvalue weighted by Crippen LogP contribution is -2.27. The van der Waals surface area contributed by atoms with Gasteiger partial charge in [-0.2, -0.15) is 0 Å². The molecule has 1 amide bonds. The van der Waals surface area contributed by atoms with Crippen LogP contribution in [0.3, 0.4) is 0 Å². The minimum atomic E-state index is -0.172. The number of thioether (sulfide) groups is 1. The maximum atomic E-state index is 12.9. The van der Waals surface area contributed by atoms with Crippen LogP contribution in [0.2, 0.25) is 5.02 Å². The molecule has 0 radical (unpaired) electrons. The molecular weight excluding hydrogens is 402 g/mol. The van der Waals surface area contributed by atoms with Crippen LogP contribution in [0.1, 0.15) is 5.56 Å². The first-order valence-electron chi connectivity index (χ1n) is 8.06. The van der Waals surface area contributed by atoms with Gasteiger partial charge in [0.15, 0.2) is 4.32 Å². The van der Waals surface area contributed by atoms with Crippen LogP contribution < -0.4 is 10.6 Å². The standard InChI is InChI=1S/C19H14ClN3O2S2/c1-21-14-8-3-11(9-15(14)22(2)18(21)25)10-16-17(24)23(19(26)27-16)13-6-4-12(20)5-7-13/h3-10H,1-2H3. The first-order chi connectivity index (χ1) is 12.9. The van der Waals surface area contributed by atoms with Gasteiger partial charge in [0.1, 0.15) is 0 Å². The number of aryl methyl sites for hydroxylation is 2. The van der Waals surface area contributed by atoms with Gasteiger partial charge < -0.3 is 0 Å². The Hall–Kier alpha value is -2.35. The molecule has 0 saturated carbocycles. The molecule has 2 heterocycles. The molecule has 1 fully saturated rings. The second kappa shape index (κ2) is 6.67. The number of imidazole rings is 1. The Balaban J connectivity index is 1.72. The van der Waals surface area contributed by atoms with Gasteiger partial charge in [0.25, 0.3) is 5.91 Å². The zero-order valence-electron chi connectivity index (χ0n) is 14.5. The van der Waals surface area contributed by atoms with Crippen molar-refractivity contribution in [2.24, 2.45) is 14.1 Å². The Labute approximate surface area is 169 Å². The van der Waals surface area contributed by atoms with Crippen molar-refractivity contribution in [2.45, 2.75) is 0 Å². The summed E-state index contributed by atoms with van der Waals surface area (Å²) in [5.74, 6) is -0.172. The third-order valence-corrected chi connectivity index (χ3v) is 6.03. The second-order valence-electron chi connectivity index (χ2n) is 6.14. The highest BCUT2D eigenvalue weighted by Gasteiger charge is 2.33. The van der Waals surface area contributed by atoms with E-state index in [4.69, 9.17) is 23.8 Å². The molecule has 0 N–H and O–H groups in total. The number of amides is 1. The Morgan fingerprint density at radius 2 is 1.67 bits per heavy atom. The summed E-state index contributed by atoms with van der Waals surface area (Å²) >= 11 is 12.6. The summed E-state index contributed by atoms with van der Waals surface area (Å²) in [6, 6.07) is 12.6. The number of carbonyl (C=O) groups excluding carboxylic acids is 1. The zero-order chi connectivity index (χ0) is 19.3. The van der Waals surface area contributed by atoms with Crippen molar-refractivity contribution in [3.8, 4) is 0 Å². The average molecular weight is 416 g/mol. The van der Waals surface area contributed by atoms with E-state index in [2.05, 4.69) is 0 Å². The molecule has 1 saturated heterocycles. The van der Waals surface area contributed by atoms with Crippen LogP contribution in [-0.4, -0.2) is 19.4 Å². The molecule has 1 aliphatic rings. The van der Waals surface area contributed by atoms with Crippen molar-refractivity contribution < 1.29 is 4.79 Å². The summed E-state index contributed by atoms with van der Waals surface area (Å²) < 4.78 is 3.66. The van der Waals surface area contributed by atoms with Gasteiger partial charge in [-0.3, -0.25) is 18.8 Å². The highest BCUT2D eigenvalue weighted by atomic mass is 35.5. The lowest BCUT2D eigenvalue weighted by atomic mass is 10.1. The van der Waals surface area contributed by atoms with Crippen LogP contribution in [0.5, 0.6) is 0 Å². The van der Waals surface area contributed by atoms with Gasteiger partial charge >= 0.3 is 5.69 Å². The van der Waals surface area contributed by atoms with E-state index in [1.165, 1.54) is 16.7 Å². The number of anilines is 1. The number of rotatable bonds is 2. The first kappa shape index (κ1) is 18.0. The summed E-state index contributed by atoms with van der Waals surface area (Å²) in [6.07, 6.45) is 1.80. The molecule has 27 heavy (non-hydrogen) atoms. The van der Waals surface area contributed by atoms with Gasteiger partial charge in [-0.25, -0.2) is 4.79 Å². The Morgan fingerprint density at radius 1 is 1.00 bits per heavy atom. The van der Waals surface area contributed by atoms with Crippen molar-refractivity contribution >= 4 is 68.6 Å². The zero-order valence-corrected chi connectivity index (χ0v) is 16.9. The van der Waals surface area contributed by atoms with Gasteiger partial charge in [0.05, 0.1) is 21.6 Å². The molecule has 1 aromatic heterocycles. The minimum absolute atomic E-state index is 0.0868. The molecular formula is C19H14ClN3O2S2. The average Bonchev–Trinajstić information content (AvgIpc) is 3.04. The summed E-state index contributed by atoms with van der Waals surface area (Å²) in [6.45, 7) is 0. The number of thiocarbonyl (C=S) groups is 1. The van der Waals surface area contributed by atoms with Crippen LogP contribution in [0.4, 0.5) is 5.69 Å². The first-order valence-corrected chi connectivity index (χ1v) is 9.66. The van der Waals surface area contributed by atoms with Crippen molar-refractivity contribution in [1.29, 1.82) is 0 Å². The highest BCUT2D eigenvalue weighted by molar-refractivity contribution is 8.27. The van der Waals surface area contributed by atoms with Gasteiger partial charge in [-0.15, -0.1) is 0 Å². The monoisotopic (exact) mass is 415 g/mol. The number of nitrogens with zero attached hydrogens (tertiary/aromatic N) is 3. The van der Waals surface area contributed by atoms with E-state index in [-0.39, 0.29) is 11.6 Å². The van der Waals surface area contributed by atoms with E-state index in [0.717, 1.165) is 16.6 Å². The molecule has 2 aromatic carbocycles. The molecule has 5 nitrogen and oxygen atoms in total. The molecule has 8 heteroatoms. The van der Waals surface area contributed by atoms with E-state index < -0.39 is 0 Å². The number of carbonyl (C=O) groups is 1. The number of fused-ring (bicyclic) bond motifs is 1. The van der Waals surface area contributed by atoms with E-state index in [1.807, 2.05) is 18.2 Å². The number of aromatic nitrogens is 2. The normalized spacial score (nSPS) is 16.1. The topological polar surface area (TPSA) is 47.2 Å². The van der Waals surface area contributed by atoms with Gasteiger partial charge in [-0.1, -0.05) is 41.6 Å². The Kier molecular flexibility index (Phi) is 4.46. The Morgan fingerprint density at radius 3 is 2.37 bits per heavy atom. The fraction of sp³-hybridized carbons (Fsp3) is 0.105. The maximum Gasteiger partial charge on any atom is 0.328 e. The van der Waals surface area contributed by atoms with Crippen LogP contribution in [0.15, 0.2) is 52.2 Å². The van der Waals surface area contributed by atoms with E-state index in [0.29, 0.717) is 19.9 Å². The quantitative estimate of drug-likeness (QED) is 0.470. The largest absolute Gasteiger partial charge is 0.328 e. The number of benzene rings is 2. The van der Waals surface area contributed by atoms with Crippen LogP contribution in [0.25, 0.3) is 17.1 Å². The summed E-state index contributed by atoms with van der Waals surface area (Å²) in [5, 5.41) is 0.599. The van der Waals surface area contributed by atoms with Crippen molar-refractivity contribution in [3.05, 3.63) is 68.4 Å². The minimum Gasteiger partial charge on any atom is -0.295 e. The Bertz CT molecular complexity index is 1190. The molecule has 4 rings (SSSR count). The molecule has 1 aliphatic heterocycles. The van der Waals surface area contributed by atoms with Crippen molar-refractivity contribution in [2.75, 3.05) is 4.90 Å². The van der Waals surface area contributed by atoms with Crippen LogP contribution >= 0.6 is 35.6 Å². The maximum absolute atomic E-state index is 12.9. The molecule has 136 valence electrons. The van der Waals surface area contributed by atoms with Gasteiger partial charge in [0, 0.05) is 19.1 Å². The number of hydrogen-bond donors (Lipinski definition) is 0. The fourth-order valence-corrected chi connectivity index (χ4v) is 4.47. The smallest absolute Gasteiger partial charge is 0.295 e. The van der Waals surface area contributed by atoms with Crippen LogP contribution in [0, 0.1) is 0 Å². The van der Waals surface area contributed by atoms with E-state index >= 15 is 0 Å². The van der Waals surface area contributed by atoms with Gasteiger partial charge in [0.2, 0.25) is 0 Å². The second-order valence-corrected chi connectivity index (χ2v) is 8.25.